The third-order valence-electron chi connectivity index (χ3n) is 3.23. The number of rotatable bonds is 6. The number of hydrogen-bond acceptors (Lipinski definition) is 4. The summed E-state index contributed by atoms with van der Waals surface area (Å²) in [6.07, 6.45) is 1.26. The highest BCUT2D eigenvalue weighted by Crippen LogP contribution is 2.24. The van der Waals surface area contributed by atoms with Gasteiger partial charge >= 0.3 is 5.97 Å². The average Bonchev–Trinajstić information content (AvgIpc) is 2.44. The molecule has 0 spiro atoms. The molecule has 19 heavy (non-hydrogen) atoms. The molecule has 0 radical (unpaired) electrons. The van der Waals surface area contributed by atoms with E-state index in [1.807, 2.05) is 13.0 Å². The Balaban J connectivity index is 1.77. The Bertz CT molecular complexity index is 420. The smallest absolute Gasteiger partial charge is 0.305 e. The van der Waals surface area contributed by atoms with Gasteiger partial charge in [0.1, 0.15) is 0 Å². The number of ether oxygens (including phenoxy) is 2. The van der Waals surface area contributed by atoms with E-state index in [2.05, 4.69) is 23.5 Å². The Morgan fingerprint density at radius 2 is 2.32 bits per heavy atom. The minimum absolute atomic E-state index is 0.121. The van der Waals surface area contributed by atoms with Crippen LogP contribution in [0.2, 0.25) is 0 Å². The molecular formula is C15H21NO3. The molecule has 1 aromatic carbocycles. The van der Waals surface area contributed by atoms with E-state index in [-0.39, 0.29) is 12.0 Å². The van der Waals surface area contributed by atoms with E-state index in [1.165, 1.54) is 11.1 Å². The van der Waals surface area contributed by atoms with Crippen molar-refractivity contribution in [2.75, 3.05) is 19.8 Å². The van der Waals surface area contributed by atoms with E-state index in [0.717, 1.165) is 13.0 Å². The van der Waals surface area contributed by atoms with Crippen molar-refractivity contribution in [3.05, 3.63) is 35.4 Å². The van der Waals surface area contributed by atoms with E-state index in [0.29, 0.717) is 26.2 Å². The number of carbonyl (C=O) groups is 1. The lowest BCUT2D eigenvalue weighted by atomic mass is 9.99. The van der Waals surface area contributed by atoms with Crippen molar-refractivity contribution < 1.29 is 14.3 Å². The van der Waals surface area contributed by atoms with Crippen LogP contribution in [0.25, 0.3) is 0 Å². The van der Waals surface area contributed by atoms with E-state index in [4.69, 9.17) is 9.47 Å². The SMILES string of the molecule is CCOC(=O)CCCNC1COCc2ccccc21. The minimum atomic E-state index is -0.121. The fraction of sp³-hybridized carbons (Fsp3) is 0.533. The van der Waals surface area contributed by atoms with Crippen molar-refractivity contribution in [3.8, 4) is 0 Å². The molecule has 0 aliphatic carbocycles. The molecular weight excluding hydrogens is 242 g/mol. The largest absolute Gasteiger partial charge is 0.466 e. The number of hydrogen-bond donors (Lipinski definition) is 1. The maximum atomic E-state index is 11.2. The van der Waals surface area contributed by atoms with Gasteiger partial charge in [-0.05, 0) is 31.0 Å². The topological polar surface area (TPSA) is 47.6 Å². The maximum absolute atomic E-state index is 11.2. The average molecular weight is 263 g/mol. The van der Waals surface area contributed by atoms with Crippen LogP contribution in [-0.4, -0.2) is 25.7 Å². The molecule has 0 aromatic heterocycles. The lowest BCUT2D eigenvalue weighted by Crippen LogP contribution is -2.30. The first-order valence-corrected chi connectivity index (χ1v) is 6.85. The van der Waals surface area contributed by atoms with Gasteiger partial charge in [0.15, 0.2) is 0 Å². The zero-order chi connectivity index (χ0) is 13.5. The molecule has 1 unspecified atom stereocenters. The Kier molecular flexibility index (Phi) is 5.36. The van der Waals surface area contributed by atoms with Crippen molar-refractivity contribution >= 4 is 5.97 Å². The van der Waals surface area contributed by atoms with Crippen LogP contribution >= 0.6 is 0 Å². The van der Waals surface area contributed by atoms with Crippen molar-refractivity contribution in [2.24, 2.45) is 0 Å². The number of fused-ring (bicyclic) bond motifs is 1. The van der Waals surface area contributed by atoms with Crippen LogP contribution in [0.15, 0.2) is 24.3 Å². The fourth-order valence-electron chi connectivity index (χ4n) is 2.29. The van der Waals surface area contributed by atoms with E-state index < -0.39 is 0 Å². The van der Waals surface area contributed by atoms with Crippen LogP contribution < -0.4 is 5.32 Å². The van der Waals surface area contributed by atoms with Gasteiger partial charge in [-0.25, -0.2) is 0 Å². The Morgan fingerprint density at radius 3 is 3.16 bits per heavy atom. The van der Waals surface area contributed by atoms with Gasteiger partial charge in [-0.15, -0.1) is 0 Å². The number of benzene rings is 1. The van der Waals surface area contributed by atoms with Gasteiger partial charge in [-0.3, -0.25) is 4.79 Å². The zero-order valence-electron chi connectivity index (χ0n) is 11.4. The second kappa shape index (κ2) is 7.26. The lowest BCUT2D eigenvalue weighted by Gasteiger charge is -2.26. The van der Waals surface area contributed by atoms with Crippen molar-refractivity contribution in [1.82, 2.24) is 5.32 Å². The van der Waals surface area contributed by atoms with Gasteiger partial charge in [-0.1, -0.05) is 24.3 Å². The van der Waals surface area contributed by atoms with E-state index in [1.54, 1.807) is 0 Å². The molecule has 0 fully saturated rings. The highest BCUT2D eigenvalue weighted by atomic mass is 16.5. The van der Waals surface area contributed by atoms with Crippen LogP contribution in [0.4, 0.5) is 0 Å². The van der Waals surface area contributed by atoms with Crippen molar-refractivity contribution in [3.63, 3.8) is 0 Å². The summed E-state index contributed by atoms with van der Waals surface area (Å²) >= 11 is 0. The molecule has 2 rings (SSSR count). The van der Waals surface area contributed by atoms with Gasteiger partial charge in [0.25, 0.3) is 0 Å². The Labute approximate surface area is 114 Å². The first kappa shape index (κ1) is 14.0. The normalized spacial score (nSPS) is 17.8. The van der Waals surface area contributed by atoms with Gasteiger partial charge < -0.3 is 14.8 Å². The summed E-state index contributed by atoms with van der Waals surface area (Å²) < 4.78 is 10.5. The molecule has 0 saturated carbocycles. The summed E-state index contributed by atoms with van der Waals surface area (Å²) in [7, 11) is 0. The molecule has 1 atom stereocenters. The quantitative estimate of drug-likeness (QED) is 0.631. The van der Waals surface area contributed by atoms with E-state index in [9.17, 15) is 4.79 Å². The third kappa shape index (κ3) is 4.04. The molecule has 4 nitrogen and oxygen atoms in total. The summed E-state index contributed by atoms with van der Waals surface area (Å²) in [5, 5.41) is 3.44. The Hall–Kier alpha value is -1.39. The minimum Gasteiger partial charge on any atom is -0.466 e. The molecule has 4 heteroatoms. The summed E-state index contributed by atoms with van der Waals surface area (Å²) in [6.45, 7) is 4.46. The summed E-state index contributed by atoms with van der Waals surface area (Å²) in [5.41, 5.74) is 2.56. The van der Waals surface area contributed by atoms with Gasteiger partial charge in [0.2, 0.25) is 0 Å². The summed E-state index contributed by atoms with van der Waals surface area (Å²) in [6, 6.07) is 8.55. The van der Waals surface area contributed by atoms with E-state index >= 15 is 0 Å². The molecule has 1 aromatic rings. The van der Waals surface area contributed by atoms with Crippen LogP contribution in [0.3, 0.4) is 0 Å². The van der Waals surface area contributed by atoms with Crippen molar-refractivity contribution in [2.45, 2.75) is 32.4 Å². The molecule has 104 valence electrons. The molecule has 1 aliphatic heterocycles. The molecule has 1 heterocycles. The molecule has 1 N–H and O–H groups in total. The monoisotopic (exact) mass is 263 g/mol. The van der Waals surface area contributed by atoms with Crippen LogP contribution in [0.5, 0.6) is 0 Å². The third-order valence-corrected chi connectivity index (χ3v) is 3.23. The van der Waals surface area contributed by atoms with Crippen LogP contribution in [-0.2, 0) is 20.9 Å². The second-order valence-corrected chi connectivity index (χ2v) is 4.63. The predicted octanol–water partition coefficient (Wildman–Crippen LogP) is 2.19. The molecule has 0 saturated heterocycles. The zero-order valence-corrected chi connectivity index (χ0v) is 11.4. The van der Waals surface area contributed by atoms with Crippen LogP contribution in [0.1, 0.15) is 36.9 Å². The van der Waals surface area contributed by atoms with Gasteiger partial charge in [-0.2, -0.15) is 0 Å². The standard InChI is InChI=1S/C15H21NO3/c1-2-19-15(17)8-5-9-16-14-11-18-10-12-6-3-4-7-13(12)14/h3-4,6-7,14,16H,2,5,8-11H2,1H3. The molecule has 1 aliphatic rings. The summed E-state index contributed by atoms with van der Waals surface area (Å²) in [4.78, 5) is 11.2. The Morgan fingerprint density at radius 1 is 1.47 bits per heavy atom. The van der Waals surface area contributed by atoms with Gasteiger partial charge in [0.05, 0.1) is 25.9 Å². The van der Waals surface area contributed by atoms with Crippen LogP contribution in [0, 0.1) is 0 Å². The highest BCUT2D eigenvalue weighted by molar-refractivity contribution is 5.69. The predicted molar refractivity (Wildman–Crippen MR) is 72.7 cm³/mol. The number of carbonyl (C=O) groups excluding carboxylic acids is 1. The maximum Gasteiger partial charge on any atom is 0.305 e. The number of esters is 1. The lowest BCUT2D eigenvalue weighted by molar-refractivity contribution is -0.143. The summed E-state index contributed by atoms with van der Waals surface area (Å²) in [5.74, 6) is -0.121. The fourth-order valence-corrected chi connectivity index (χ4v) is 2.29. The van der Waals surface area contributed by atoms with Gasteiger partial charge in [0, 0.05) is 6.42 Å². The second-order valence-electron chi connectivity index (χ2n) is 4.63. The first-order chi connectivity index (χ1) is 9.31. The number of nitrogens with one attached hydrogen (secondary N) is 1. The first-order valence-electron chi connectivity index (χ1n) is 6.85. The molecule has 0 bridgehead atoms. The molecule has 0 amide bonds. The van der Waals surface area contributed by atoms with Crippen molar-refractivity contribution in [1.29, 1.82) is 0 Å². The highest BCUT2D eigenvalue weighted by Gasteiger charge is 2.19.